The van der Waals surface area contributed by atoms with E-state index in [1.54, 1.807) is 10.6 Å². The zero-order valence-electron chi connectivity index (χ0n) is 15.0. The van der Waals surface area contributed by atoms with Crippen LogP contribution in [0, 0.1) is 0 Å². The van der Waals surface area contributed by atoms with Crippen molar-refractivity contribution in [2.24, 2.45) is 0 Å². The Morgan fingerprint density at radius 3 is 2.65 bits per heavy atom. The van der Waals surface area contributed by atoms with Gasteiger partial charge in [-0.2, -0.15) is 0 Å². The molecular weight excluding hydrogens is 344 g/mol. The number of fused-ring (bicyclic) bond motifs is 1. The van der Waals surface area contributed by atoms with Gasteiger partial charge < -0.3 is 9.88 Å². The number of hydrogen-bond donors (Lipinski definition) is 1. The fourth-order valence-corrected chi connectivity index (χ4v) is 3.83. The number of rotatable bonds is 6. The van der Waals surface area contributed by atoms with Gasteiger partial charge in [-0.05, 0) is 37.1 Å². The van der Waals surface area contributed by atoms with Gasteiger partial charge in [0.2, 0.25) is 5.91 Å². The number of para-hydroxylation sites is 1. The zero-order valence-corrected chi connectivity index (χ0v) is 15.8. The summed E-state index contributed by atoms with van der Waals surface area (Å²) in [4.78, 5) is 25.5. The number of nitrogens with zero attached hydrogens (tertiary/aromatic N) is 1. The van der Waals surface area contributed by atoms with Crippen molar-refractivity contribution >= 4 is 34.3 Å². The van der Waals surface area contributed by atoms with E-state index < -0.39 is 0 Å². The average Bonchev–Trinajstić information content (AvgIpc) is 2.66. The molecule has 1 amide bonds. The summed E-state index contributed by atoms with van der Waals surface area (Å²) in [5.74, 6) is 0.183. The molecule has 0 aliphatic carbocycles. The molecule has 0 aliphatic heterocycles. The molecule has 0 saturated heterocycles. The molecule has 0 radical (unpaired) electrons. The Bertz CT molecular complexity index is 995. The number of aromatic nitrogens is 1. The maximum absolute atomic E-state index is 12.3. The minimum absolute atomic E-state index is 0.0373. The van der Waals surface area contributed by atoms with Crippen LogP contribution in [0.5, 0.6) is 0 Å². The van der Waals surface area contributed by atoms with E-state index in [-0.39, 0.29) is 17.2 Å². The molecule has 0 unspecified atom stereocenters. The molecule has 1 aromatic heterocycles. The van der Waals surface area contributed by atoms with E-state index in [2.05, 4.69) is 12.2 Å². The van der Waals surface area contributed by atoms with Crippen LogP contribution >= 0.6 is 11.8 Å². The first-order chi connectivity index (χ1) is 12.6. The van der Waals surface area contributed by atoms with Crippen molar-refractivity contribution < 1.29 is 4.79 Å². The van der Waals surface area contributed by atoms with Gasteiger partial charge in [0.15, 0.2) is 0 Å². The van der Waals surface area contributed by atoms with Crippen molar-refractivity contribution in [1.82, 2.24) is 4.57 Å². The summed E-state index contributed by atoms with van der Waals surface area (Å²) in [6, 6.07) is 17.3. The lowest BCUT2D eigenvalue weighted by Gasteiger charge is -2.12. The Morgan fingerprint density at radius 2 is 1.88 bits per heavy atom. The van der Waals surface area contributed by atoms with E-state index in [0.717, 1.165) is 27.9 Å². The van der Waals surface area contributed by atoms with Crippen LogP contribution in [0.3, 0.4) is 0 Å². The molecule has 0 bridgehead atoms. The molecule has 3 aromatic rings. The van der Waals surface area contributed by atoms with Crippen molar-refractivity contribution in [2.45, 2.75) is 31.7 Å². The third kappa shape index (κ3) is 3.99. The molecular formula is C21H22N2O2S. The second kappa shape index (κ2) is 8.23. The fourth-order valence-electron chi connectivity index (χ4n) is 2.96. The quantitative estimate of drug-likeness (QED) is 0.661. The highest BCUT2D eigenvalue weighted by molar-refractivity contribution is 8.00. The Hall–Kier alpha value is -2.53. The SMILES string of the molecule is CCc1cccc(NC(=O)CSc2cc(=O)n(CC)c3ccccc23)c1. The third-order valence-corrected chi connectivity index (χ3v) is 5.33. The highest BCUT2D eigenvalue weighted by Crippen LogP contribution is 2.26. The number of amides is 1. The van der Waals surface area contributed by atoms with E-state index in [1.165, 1.54) is 17.3 Å². The van der Waals surface area contributed by atoms with Gasteiger partial charge in [-0.1, -0.05) is 37.3 Å². The number of aryl methyl sites for hydroxylation is 2. The van der Waals surface area contributed by atoms with E-state index >= 15 is 0 Å². The van der Waals surface area contributed by atoms with E-state index in [1.807, 2.05) is 55.5 Å². The van der Waals surface area contributed by atoms with Crippen molar-refractivity contribution in [2.75, 3.05) is 11.1 Å². The van der Waals surface area contributed by atoms with Gasteiger partial charge in [0, 0.05) is 28.6 Å². The van der Waals surface area contributed by atoms with Crippen LogP contribution in [-0.2, 0) is 17.8 Å². The maximum atomic E-state index is 12.3. The summed E-state index contributed by atoms with van der Waals surface area (Å²) in [5, 5.41) is 3.93. The number of hydrogen-bond acceptors (Lipinski definition) is 3. The summed E-state index contributed by atoms with van der Waals surface area (Å²) in [5.41, 5.74) is 2.86. The van der Waals surface area contributed by atoms with Gasteiger partial charge in [0.05, 0.1) is 11.3 Å². The molecule has 0 saturated carbocycles. The zero-order chi connectivity index (χ0) is 18.5. The lowest BCUT2D eigenvalue weighted by molar-refractivity contribution is -0.113. The van der Waals surface area contributed by atoms with Crippen LogP contribution in [0.4, 0.5) is 5.69 Å². The molecule has 0 atom stereocenters. The molecule has 2 aromatic carbocycles. The Balaban J connectivity index is 1.77. The second-order valence-electron chi connectivity index (χ2n) is 6.00. The first-order valence-corrected chi connectivity index (χ1v) is 9.75. The summed E-state index contributed by atoms with van der Waals surface area (Å²) >= 11 is 1.40. The lowest BCUT2D eigenvalue weighted by atomic mass is 10.1. The molecule has 0 aliphatic rings. The number of pyridine rings is 1. The van der Waals surface area contributed by atoms with E-state index in [0.29, 0.717) is 6.54 Å². The molecule has 0 spiro atoms. The van der Waals surface area contributed by atoms with Gasteiger partial charge in [-0.15, -0.1) is 11.8 Å². The Morgan fingerprint density at radius 1 is 1.08 bits per heavy atom. The summed E-state index contributed by atoms with van der Waals surface area (Å²) < 4.78 is 1.75. The van der Waals surface area contributed by atoms with Crippen molar-refractivity contribution in [3.63, 3.8) is 0 Å². The van der Waals surface area contributed by atoms with Crippen LogP contribution in [0.1, 0.15) is 19.4 Å². The van der Waals surface area contributed by atoms with Crippen LogP contribution in [0.2, 0.25) is 0 Å². The standard InChI is InChI=1S/C21H22N2O2S/c1-3-15-8-7-9-16(12-15)22-20(24)14-26-19-13-21(25)23(4-2)18-11-6-5-10-17(18)19/h5-13H,3-4,14H2,1-2H3,(H,22,24). The second-order valence-corrected chi connectivity index (χ2v) is 7.02. The van der Waals surface area contributed by atoms with E-state index in [9.17, 15) is 9.59 Å². The van der Waals surface area contributed by atoms with Gasteiger partial charge in [0.25, 0.3) is 5.56 Å². The molecule has 0 fully saturated rings. The number of carbonyl (C=O) groups excluding carboxylic acids is 1. The minimum atomic E-state index is -0.0768. The Kier molecular flexibility index (Phi) is 5.78. The topological polar surface area (TPSA) is 51.1 Å². The first-order valence-electron chi connectivity index (χ1n) is 8.76. The monoisotopic (exact) mass is 366 g/mol. The summed E-state index contributed by atoms with van der Waals surface area (Å²) in [6.07, 6.45) is 0.929. The fraction of sp³-hybridized carbons (Fsp3) is 0.238. The molecule has 1 N–H and O–H groups in total. The normalized spacial score (nSPS) is 10.8. The highest BCUT2D eigenvalue weighted by atomic mass is 32.2. The number of anilines is 1. The number of thioether (sulfide) groups is 1. The van der Waals surface area contributed by atoms with Crippen molar-refractivity contribution in [3.05, 3.63) is 70.5 Å². The number of carbonyl (C=O) groups is 1. The van der Waals surface area contributed by atoms with Crippen molar-refractivity contribution in [1.29, 1.82) is 0 Å². The molecule has 1 heterocycles. The van der Waals surface area contributed by atoms with Crippen LogP contribution in [-0.4, -0.2) is 16.2 Å². The highest BCUT2D eigenvalue weighted by Gasteiger charge is 2.10. The predicted octanol–water partition coefficient (Wildman–Crippen LogP) is 4.31. The van der Waals surface area contributed by atoms with Crippen LogP contribution in [0.25, 0.3) is 10.9 Å². The average molecular weight is 366 g/mol. The molecule has 134 valence electrons. The lowest BCUT2D eigenvalue weighted by Crippen LogP contribution is -2.19. The predicted molar refractivity (Wildman–Crippen MR) is 109 cm³/mol. The van der Waals surface area contributed by atoms with Gasteiger partial charge in [-0.25, -0.2) is 0 Å². The van der Waals surface area contributed by atoms with Crippen LogP contribution < -0.4 is 10.9 Å². The smallest absolute Gasteiger partial charge is 0.252 e. The molecule has 26 heavy (non-hydrogen) atoms. The first kappa shape index (κ1) is 18.3. The summed E-state index contributed by atoms with van der Waals surface area (Å²) in [7, 11) is 0. The third-order valence-electron chi connectivity index (χ3n) is 4.27. The van der Waals surface area contributed by atoms with Crippen molar-refractivity contribution in [3.8, 4) is 0 Å². The number of nitrogens with one attached hydrogen (secondary N) is 1. The molecule has 5 heteroatoms. The van der Waals surface area contributed by atoms with E-state index in [4.69, 9.17) is 0 Å². The largest absolute Gasteiger partial charge is 0.325 e. The number of benzene rings is 2. The Labute approximate surface area is 157 Å². The molecule has 4 nitrogen and oxygen atoms in total. The van der Waals surface area contributed by atoms with Gasteiger partial charge in [0.1, 0.15) is 0 Å². The minimum Gasteiger partial charge on any atom is -0.325 e. The van der Waals surface area contributed by atoms with Gasteiger partial charge >= 0.3 is 0 Å². The van der Waals surface area contributed by atoms with Crippen LogP contribution in [0.15, 0.2) is 64.3 Å². The maximum Gasteiger partial charge on any atom is 0.252 e. The molecule has 3 rings (SSSR count). The van der Waals surface area contributed by atoms with Gasteiger partial charge in [-0.3, -0.25) is 9.59 Å². The summed E-state index contributed by atoms with van der Waals surface area (Å²) in [6.45, 7) is 4.66.